The fraction of sp³-hybridized carbons (Fsp3) is 0.0500. The van der Waals surface area contributed by atoms with Gasteiger partial charge < -0.3 is 10.5 Å². The second kappa shape index (κ2) is 5.19. The average Bonchev–Trinajstić information content (AvgIpc) is 2.61. The molecule has 3 aromatic rings. The molecule has 0 amide bonds. The number of hydrogen-bond acceptors (Lipinski definition) is 3. The zero-order chi connectivity index (χ0) is 15.8. The van der Waals surface area contributed by atoms with Crippen molar-refractivity contribution in [1.29, 1.82) is 5.26 Å². The van der Waals surface area contributed by atoms with Crippen LogP contribution in [0, 0.1) is 11.3 Å². The number of benzene rings is 3. The van der Waals surface area contributed by atoms with Gasteiger partial charge in [-0.15, -0.1) is 0 Å². The molecule has 0 aromatic heterocycles. The Morgan fingerprint density at radius 2 is 1.65 bits per heavy atom. The highest BCUT2D eigenvalue weighted by molar-refractivity contribution is 5.90. The summed E-state index contributed by atoms with van der Waals surface area (Å²) in [5.74, 6) is 0.730. The summed E-state index contributed by atoms with van der Waals surface area (Å²) in [6.07, 6.45) is 0. The number of rotatable bonds is 1. The van der Waals surface area contributed by atoms with Gasteiger partial charge >= 0.3 is 0 Å². The maximum atomic E-state index is 9.56. The second-order valence-corrected chi connectivity index (χ2v) is 5.54. The van der Waals surface area contributed by atoms with E-state index in [4.69, 9.17) is 10.5 Å². The monoisotopic (exact) mass is 298 g/mol. The highest BCUT2D eigenvalue weighted by Crippen LogP contribution is 2.45. The predicted octanol–water partition coefficient (Wildman–Crippen LogP) is 4.06. The Kier molecular flexibility index (Phi) is 3.03. The molecule has 3 aromatic carbocycles. The summed E-state index contributed by atoms with van der Waals surface area (Å²) in [4.78, 5) is 0. The fourth-order valence-electron chi connectivity index (χ4n) is 3.18. The van der Waals surface area contributed by atoms with Crippen LogP contribution in [0.15, 0.2) is 78.2 Å². The molecule has 3 heteroatoms. The normalized spacial score (nSPS) is 16.6. The van der Waals surface area contributed by atoms with Crippen molar-refractivity contribution >= 4 is 10.8 Å². The van der Waals surface area contributed by atoms with Crippen LogP contribution in [-0.2, 0) is 0 Å². The average molecular weight is 298 g/mol. The first-order valence-electron chi connectivity index (χ1n) is 7.44. The lowest BCUT2D eigenvalue weighted by atomic mass is 9.82. The standard InChI is InChI=1S/C20H14N2O/c21-12-17-18(14-7-2-1-3-8-14)16-11-10-13-6-4-5-9-15(13)19(16)23-20(17)22/h1-11,18H,22H2/t18-/m1/s1. The first kappa shape index (κ1) is 13.4. The van der Waals surface area contributed by atoms with Crippen LogP contribution in [0.25, 0.3) is 10.8 Å². The minimum absolute atomic E-state index is 0.185. The van der Waals surface area contributed by atoms with Crippen LogP contribution in [-0.4, -0.2) is 0 Å². The van der Waals surface area contributed by atoms with E-state index in [0.717, 1.165) is 27.6 Å². The van der Waals surface area contributed by atoms with Crippen molar-refractivity contribution in [2.24, 2.45) is 5.73 Å². The molecular formula is C20H14N2O. The minimum Gasteiger partial charge on any atom is -0.440 e. The van der Waals surface area contributed by atoms with Crippen LogP contribution < -0.4 is 10.5 Å². The van der Waals surface area contributed by atoms with E-state index in [1.807, 2.05) is 60.7 Å². The molecule has 1 aliphatic rings. The van der Waals surface area contributed by atoms with Gasteiger partial charge in [0.1, 0.15) is 17.4 Å². The molecule has 0 unspecified atom stereocenters. The van der Waals surface area contributed by atoms with Crippen molar-refractivity contribution in [3.05, 3.63) is 89.3 Å². The second-order valence-electron chi connectivity index (χ2n) is 5.54. The van der Waals surface area contributed by atoms with E-state index >= 15 is 0 Å². The van der Waals surface area contributed by atoms with Gasteiger partial charge in [-0.2, -0.15) is 5.26 Å². The number of nitrogens with zero attached hydrogens (tertiary/aromatic N) is 1. The van der Waals surface area contributed by atoms with Gasteiger partial charge in [0.2, 0.25) is 5.88 Å². The molecule has 23 heavy (non-hydrogen) atoms. The number of hydrogen-bond donors (Lipinski definition) is 1. The van der Waals surface area contributed by atoms with Crippen molar-refractivity contribution < 1.29 is 4.74 Å². The molecule has 0 saturated heterocycles. The lowest BCUT2D eigenvalue weighted by molar-refractivity contribution is 0.398. The van der Waals surface area contributed by atoms with E-state index in [1.54, 1.807) is 0 Å². The number of fused-ring (bicyclic) bond motifs is 3. The molecule has 0 saturated carbocycles. The van der Waals surface area contributed by atoms with Crippen molar-refractivity contribution in [2.45, 2.75) is 5.92 Å². The highest BCUT2D eigenvalue weighted by Gasteiger charge is 2.31. The number of nitriles is 1. The number of ether oxygens (including phenoxy) is 1. The van der Waals surface area contributed by atoms with Crippen molar-refractivity contribution in [1.82, 2.24) is 0 Å². The summed E-state index contributed by atoms with van der Waals surface area (Å²) >= 11 is 0. The Bertz CT molecular complexity index is 968. The third kappa shape index (κ3) is 2.04. The molecule has 4 rings (SSSR count). The Balaban J connectivity index is 2.03. The molecule has 0 fully saturated rings. The SMILES string of the molecule is N#CC1=C(N)Oc2c(ccc3ccccc23)[C@H]1c1ccccc1. The van der Waals surface area contributed by atoms with Gasteiger partial charge in [-0.3, -0.25) is 0 Å². The summed E-state index contributed by atoms with van der Waals surface area (Å²) in [7, 11) is 0. The van der Waals surface area contributed by atoms with Crippen molar-refractivity contribution in [2.75, 3.05) is 0 Å². The van der Waals surface area contributed by atoms with E-state index in [0.29, 0.717) is 5.57 Å². The van der Waals surface area contributed by atoms with E-state index in [2.05, 4.69) is 12.1 Å². The fourth-order valence-corrected chi connectivity index (χ4v) is 3.18. The van der Waals surface area contributed by atoms with Gasteiger partial charge in [0.15, 0.2) is 0 Å². The molecule has 1 heterocycles. The van der Waals surface area contributed by atoms with Gasteiger partial charge in [-0.05, 0) is 10.9 Å². The summed E-state index contributed by atoms with van der Waals surface area (Å²) in [5, 5.41) is 11.7. The van der Waals surface area contributed by atoms with Crippen LogP contribution in [0.3, 0.4) is 0 Å². The smallest absolute Gasteiger partial charge is 0.205 e. The Hall–Kier alpha value is -3.25. The molecule has 110 valence electrons. The lowest BCUT2D eigenvalue weighted by Crippen LogP contribution is -2.21. The topological polar surface area (TPSA) is 59.0 Å². The Morgan fingerprint density at radius 3 is 2.43 bits per heavy atom. The molecule has 0 radical (unpaired) electrons. The van der Waals surface area contributed by atoms with Gasteiger partial charge in [0, 0.05) is 10.9 Å². The maximum Gasteiger partial charge on any atom is 0.205 e. The molecule has 3 nitrogen and oxygen atoms in total. The number of nitrogens with two attached hydrogens (primary N) is 1. The van der Waals surface area contributed by atoms with E-state index in [-0.39, 0.29) is 11.8 Å². The summed E-state index contributed by atoms with van der Waals surface area (Å²) < 4.78 is 5.84. The molecule has 0 spiro atoms. The summed E-state index contributed by atoms with van der Waals surface area (Å²) in [5.41, 5.74) is 8.52. The van der Waals surface area contributed by atoms with Crippen LogP contribution in [0.5, 0.6) is 5.75 Å². The first-order chi connectivity index (χ1) is 11.3. The summed E-state index contributed by atoms with van der Waals surface area (Å²) in [6.45, 7) is 0. The quantitative estimate of drug-likeness (QED) is 0.737. The zero-order valence-electron chi connectivity index (χ0n) is 12.4. The zero-order valence-corrected chi connectivity index (χ0v) is 12.4. The van der Waals surface area contributed by atoms with Crippen molar-refractivity contribution in [3.8, 4) is 11.8 Å². The highest BCUT2D eigenvalue weighted by atomic mass is 16.5. The molecule has 0 aliphatic carbocycles. The third-order valence-electron chi connectivity index (χ3n) is 4.24. The van der Waals surface area contributed by atoms with E-state index < -0.39 is 0 Å². The van der Waals surface area contributed by atoms with Crippen LogP contribution in [0.2, 0.25) is 0 Å². The van der Waals surface area contributed by atoms with Crippen LogP contribution >= 0.6 is 0 Å². The molecular weight excluding hydrogens is 284 g/mol. The Labute approximate surface area is 134 Å². The van der Waals surface area contributed by atoms with Gasteiger partial charge in [0.25, 0.3) is 0 Å². The lowest BCUT2D eigenvalue weighted by Gasteiger charge is -2.27. The Morgan fingerprint density at radius 1 is 0.913 bits per heavy atom. The van der Waals surface area contributed by atoms with E-state index in [9.17, 15) is 5.26 Å². The van der Waals surface area contributed by atoms with Gasteiger partial charge in [-0.25, -0.2) is 0 Å². The third-order valence-corrected chi connectivity index (χ3v) is 4.24. The molecule has 2 N–H and O–H groups in total. The summed E-state index contributed by atoms with van der Waals surface area (Å²) in [6, 6.07) is 24.3. The van der Waals surface area contributed by atoms with E-state index in [1.165, 1.54) is 0 Å². The molecule has 1 atom stereocenters. The molecule has 0 bridgehead atoms. The minimum atomic E-state index is -0.199. The van der Waals surface area contributed by atoms with Crippen molar-refractivity contribution in [3.63, 3.8) is 0 Å². The van der Waals surface area contributed by atoms with Gasteiger partial charge in [0.05, 0.1) is 5.92 Å². The molecule has 1 aliphatic heterocycles. The first-order valence-corrected chi connectivity index (χ1v) is 7.44. The van der Waals surface area contributed by atoms with Crippen LogP contribution in [0.1, 0.15) is 17.0 Å². The van der Waals surface area contributed by atoms with Crippen LogP contribution in [0.4, 0.5) is 0 Å². The van der Waals surface area contributed by atoms with Gasteiger partial charge in [-0.1, -0.05) is 66.7 Å². The number of allylic oxidation sites excluding steroid dienone is 1. The maximum absolute atomic E-state index is 9.56. The largest absolute Gasteiger partial charge is 0.440 e. The predicted molar refractivity (Wildman–Crippen MR) is 89.7 cm³/mol.